The van der Waals surface area contributed by atoms with Crippen LogP contribution in [0.2, 0.25) is 5.02 Å². The molecule has 5 nitrogen and oxygen atoms in total. The monoisotopic (exact) mass is 273 g/mol. The van der Waals surface area contributed by atoms with E-state index in [9.17, 15) is 4.79 Å². The lowest BCUT2D eigenvalue weighted by Gasteiger charge is -2.13. The summed E-state index contributed by atoms with van der Waals surface area (Å²) in [5.74, 6) is 0.697. The Hall–Kier alpha value is -1.62. The number of hydrogen-bond donors (Lipinski definition) is 1. The van der Waals surface area contributed by atoms with Crippen molar-refractivity contribution in [2.24, 2.45) is 0 Å². The third kappa shape index (κ3) is 3.70. The van der Waals surface area contributed by atoms with Gasteiger partial charge in [-0.2, -0.15) is 0 Å². The fourth-order valence-electron chi connectivity index (χ4n) is 1.38. The molecule has 1 aromatic carbocycles. The first-order valence-electron chi connectivity index (χ1n) is 5.43. The molecule has 0 aliphatic carbocycles. The highest BCUT2D eigenvalue weighted by molar-refractivity contribution is 6.32. The Balaban J connectivity index is 2.83. The number of ether oxygens (including phenoxy) is 3. The summed E-state index contributed by atoms with van der Waals surface area (Å²) in [6, 6.07) is 3.29. The molecule has 0 fully saturated rings. The van der Waals surface area contributed by atoms with Gasteiger partial charge in [-0.15, -0.1) is 0 Å². The molecule has 0 amide bonds. The van der Waals surface area contributed by atoms with Gasteiger partial charge in [0, 0.05) is 12.1 Å². The van der Waals surface area contributed by atoms with Gasteiger partial charge in [-0.3, -0.25) is 4.79 Å². The fraction of sp³-hybridized carbons (Fsp3) is 0.417. The summed E-state index contributed by atoms with van der Waals surface area (Å²) in [5.41, 5.74) is 0.617. The van der Waals surface area contributed by atoms with Crippen molar-refractivity contribution in [2.75, 3.05) is 32.7 Å². The SMILES string of the molecule is CCOC(=O)CNc1cc(OC)c(Cl)cc1OC. The van der Waals surface area contributed by atoms with E-state index in [4.69, 9.17) is 25.8 Å². The number of benzene rings is 1. The molecule has 0 saturated carbocycles. The highest BCUT2D eigenvalue weighted by atomic mass is 35.5. The van der Waals surface area contributed by atoms with Gasteiger partial charge in [-0.05, 0) is 6.92 Å². The highest BCUT2D eigenvalue weighted by Crippen LogP contribution is 2.35. The van der Waals surface area contributed by atoms with Gasteiger partial charge in [0.05, 0.1) is 31.5 Å². The van der Waals surface area contributed by atoms with Crippen LogP contribution in [0.15, 0.2) is 12.1 Å². The van der Waals surface area contributed by atoms with E-state index in [0.29, 0.717) is 28.8 Å². The van der Waals surface area contributed by atoms with Crippen LogP contribution < -0.4 is 14.8 Å². The Morgan fingerprint density at radius 2 is 1.94 bits per heavy atom. The van der Waals surface area contributed by atoms with Crippen molar-refractivity contribution >= 4 is 23.3 Å². The zero-order valence-electron chi connectivity index (χ0n) is 10.6. The van der Waals surface area contributed by atoms with E-state index in [1.54, 1.807) is 19.1 Å². The molecule has 0 aliphatic heterocycles. The van der Waals surface area contributed by atoms with Gasteiger partial charge in [0.2, 0.25) is 0 Å². The third-order valence-corrected chi connectivity index (χ3v) is 2.50. The van der Waals surface area contributed by atoms with Gasteiger partial charge in [0.1, 0.15) is 18.0 Å². The number of nitrogens with one attached hydrogen (secondary N) is 1. The molecule has 18 heavy (non-hydrogen) atoms. The second-order valence-corrected chi connectivity index (χ2v) is 3.75. The molecule has 100 valence electrons. The maximum absolute atomic E-state index is 11.3. The molecule has 1 aromatic rings. The van der Waals surface area contributed by atoms with E-state index in [1.807, 2.05) is 0 Å². The van der Waals surface area contributed by atoms with Gasteiger partial charge in [0.15, 0.2) is 0 Å². The van der Waals surface area contributed by atoms with Crippen molar-refractivity contribution in [3.8, 4) is 11.5 Å². The predicted molar refractivity (Wildman–Crippen MR) is 69.7 cm³/mol. The lowest BCUT2D eigenvalue weighted by atomic mass is 10.2. The van der Waals surface area contributed by atoms with E-state index in [0.717, 1.165) is 0 Å². The summed E-state index contributed by atoms with van der Waals surface area (Å²) >= 11 is 5.97. The van der Waals surface area contributed by atoms with Crippen molar-refractivity contribution in [3.05, 3.63) is 17.2 Å². The molecule has 1 rings (SSSR count). The first-order chi connectivity index (χ1) is 8.62. The molecule has 0 saturated heterocycles. The lowest BCUT2D eigenvalue weighted by Crippen LogP contribution is -2.17. The van der Waals surface area contributed by atoms with Crippen LogP contribution in [0, 0.1) is 0 Å². The van der Waals surface area contributed by atoms with Gasteiger partial charge < -0.3 is 19.5 Å². The molecule has 0 atom stereocenters. The van der Waals surface area contributed by atoms with Crippen molar-refractivity contribution in [3.63, 3.8) is 0 Å². The largest absolute Gasteiger partial charge is 0.495 e. The average molecular weight is 274 g/mol. The zero-order chi connectivity index (χ0) is 13.5. The normalized spacial score (nSPS) is 9.78. The topological polar surface area (TPSA) is 56.8 Å². The third-order valence-electron chi connectivity index (χ3n) is 2.20. The van der Waals surface area contributed by atoms with Crippen LogP contribution in [0.25, 0.3) is 0 Å². The number of halogens is 1. The van der Waals surface area contributed by atoms with Crippen LogP contribution in [0.4, 0.5) is 5.69 Å². The van der Waals surface area contributed by atoms with Gasteiger partial charge in [-0.25, -0.2) is 0 Å². The molecule has 0 bridgehead atoms. The summed E-state index contributed by atoms with van der Waals surface area (Å²) in [7, 11) is 3.04. The molecule has 0 aromatic heterocycles. The number of rotatable bonds is 6. The van der Waals surface area contributed by atoms with Crippen LogP contribution in [0.5, 0.6) is 11.5 Å². The summed E-state index contributed by atoms with van der Waals surface area (Å²) in [6.07, 6.45) is 0. The second-order valence-electron chi connectivity index (χ2n) is 3.35. The van der Waals surface area contributed by atoms with E-state index in [2.05, 4.69) is 5.32 Å². The minimum atomic E-state index is -0.339. The van der Waals surface area contributed by atoms with Crippen LogP contribution in [0.3, 0.4) is 0 Å². The minimum Gasteiger partial charge on any atom is -0.495 e. The lowest BCUT2D eigenvalue weighted by molar-refractivity contribution is -0.140. The van der Waals surface area contributed by atoms with Crippen LogP contribution >= 0.6 is 11.6 Å². The molecule has 1 N–H and O–H groups in total. The van der Waals surface area contributed by atoms with Crippen LogP contribution in [-0.4, -0.2) is 33.3 Å². The van der Waals surface area contributed by atoms with Crippen molar-refractivity contribution in [2.45, 2.75) is 6.92 Å². The Morgan fingerprint density at radius 3 is 2.50 bits per heavy atom. The molecule has 0 unspecified atom stereocenters. The molecule has 0 radical (unpaired) electrons. The first-order valence-corrected chi connectivity index (χ1v) is 5.81. The Morgan fingerprint density at radius 1 is 1.28 bits per heavy atom. The van der Waals surface area contributed by atoms with Gasteiger partial charge in [0.25, 0.3) is 0 Å². The summed E-state index contributed by atoms with van der Waals surface area (Å²) in [5, 5.41) is 3.35. The van der Waals surface area contributed by atoms with Crippen molar-refractivity contribution in [1.29, 1.82) is 0 Å². The maximum atomic E-state index is 11.3. The molecular weight excluding hydrogens is 258 g/mol. The quantitative estimate of drug-likeness (QED) is 0.806. The molecule has 6 heteroatoms. The number of carbonyl (C=O) groups excluding carboxylic acids is 1. The fourth-order valence-corrected chi connectivity index (χ4v) is 1.61. The molecule has 0 spiro atoms. The van der Waals surface area contributed by atoms with Gasteiger partial charge >= 0.3 is 5.97 Å². The van der Waals surface area contributed by atoms with E-state index < -0.39 is 0 Å². The van der Waals surface area contributed by atoms with E-state index in [-0.39, 0.29) is 12.5 Å². The summed E-state index contributed by atoms with van der Waals surface area (Å²) < 4.78 is 15.1. The summed E-state index contributed by atoms with van der Waals surface area (Å²) in [4.78, 5) is 11.3. The van der Waals surface area contributed by atoms with E-state index >= 15 is 0 Å². The first kappa shape index (κ1) is 14.4. The Labute approximate surface area is 111 Å². The second kappa shape index (κ2) is 6.96. The standard InChI is InChI=1S/C12H16ClNO4/c1-4-18-12(15)7-14-9-6-10(16-2)8(13)5-11(9)17-3/h5-6,14H,4,7H2,1-3H3. The minimum absolute atomic E-state index is 0.0506. The van der Waals surface area contributed by atoms with Gasteiger partial charge in [-0.1, -0.05) is 11.6 Å². The molecule has 0 aliphatic rings. The average Bonchev–Trinajstić information content (AvgIpc) is 2.37. The zero-order valence-corrected chi connectivity index (χ0v) is 11.3. The summed E-state index contributed by atoms with van der Waals surface area (Å²) in [6.45, 7) is 2.15. The Bertz CT molecular complexity index is 423. The van der Waals surface area contributed by atoms with Crippen LogP contribution in [-0.2, 0) is 9.53 Å². The number of hydrogen-bond acceptors (Lipinski definition) is 5. The number of esters is 1. The van der Waals surface area contributed by atoms with Crippen LogP contribution in [0.1, 0.15) is 6.92 Å². The predicted octanol–water partition coefficient (Wildman–Crippen LogP) is 2.33. The maximum Gasteiger partial charge on any atom is 0.325 e. The van der Waals surface area contributed by atoms with Crippen molar-refractivity contribution in [1.82, 2.24) is 0 Å². The van der Waals surface area contributed by atoms with E-state index in [1.165, 1.54) is 14.2 Å². The number of anilines is 1. The highest BCUT2D eigenvalue weighted by Gasteiger charge is 2.11. The number of methoxy groups -OCH3 is 2. The molecular formula is C12H16ClNO4. The molecule has 0 heterocycles. The smallest absolute Gasteiger partial charge is 0.325 e. The number of carbonyl (C=O) groups is 1. The van der Waals surface area contributed by atoms with Crippen molar-refractivity contribution < 1.29 is 19.0 Å². The Kier molecular flexibility index (Phi) is 5.58.